The van der Waals surface area contributed by atoms with Gasteiger partial charge < -0.3 is 4.79 Å². The highest BCUT2D eigenvalue weighted by molar-refractivity contribution is 7.12. The number of nitrogens with two attached hydrogens (primary N) is 1. The fraction of sp³-hybridized carbons (Fsp3) is 0.188. The van der Waals surface area contributed by atoms with E-state index in [1.165, 1.54) is 25.2 Å². The number of hydrogen-bond acceptors (Lipinski definition) is 5. The summed E-state index contributed by atoms with van der Waals surface area (Å²) >= 11 is 6.60. The number of nitrogens with one attached hydrogen (secondary N) is 1. The van der Waals surface area contributed by atoms with Gasteiger partial charge in [-0.1, -0.05) is 29.8 Å². The van der Waals surface area contributed by atoms with Crippen molar-refractivity contribution in [3.8, 4) is 0 Å². The van der Waals surface area contributed by atoms with E-state index in [9.17, 15) is 14.4 Å². The summed E-state index contributed by atoms with van der Waals surface area (Å²) in [6.07, 6.45) is 0. The number of carbonyl (C=O) groups is 3. The molecule has 0 aliphatic carbocycles. The Balaban J connectivity index is 0.000000345. The van der Waals surface area contributed by atoms with Crippen LogP contribution >= 0.6 is 22.9 Å². The fourth-order valence-corrected chi connectivity index (χ4v) is 1.99. The minimum absolute atomic E-state index is 0.167. The first-order chi connectivity index (χ1) is 10.8. The first-order valence-electron chi connectivity index (χ1n) is 6.56. The zero-order chi connectivity index (χ0) is 17.8. The van der Waals surface area contributed by atoms with Crippen LogP contribution in [0.5, 0.6) is 0 Å². The lowest BCUT2D eigenvalue weighted by Gasteiger charge is -1.93. The molecule has 0 saturated heterocycles. The van der Waals surface area contributed by atoms with E-state index in [1.807, 2.05) is 29.9 Å². The second kappa shape index (κ2) is 11.5. The average Bonchev–Trinajstić information content (AvgIpc) is 3.01. The molecule has 1 amide bonds. The largest absolute Gasteiger partial charge is 0.300 e. The monoisotopic (exact) mass is 354 g/mol. The lowest BCUT2D eigenvalue weighted by Crippen LogP contribution is -2.29. The standard InChI is InChI=1S/C8H7ClO.C5H6N2OS.C3H6O/c1-6-3-2-4-7(5-6)8(9)10;6-7-5(8)4-2-1-3-9-4;1-3(2)4/h2-5H,1H3;1-3H,6H2,(H,7,8);1-2H3. The average molecular weight is 355 g/mol. The van der Waals surface area contributed by atoms with Crippen LogP contribution < -0.4 is 11.3 Å². The molecular weight excluding hydrogens is 336 g/mol. The number of hydrazine groups is 1. The van der Waals surface area contributed by atoms with Gasteiger partial charge in [-0.3, -0.25) is 15.0 Å². The van der Waals surface area contributed by atoms with Crippen LogP contribution in [0.4, 0.5) is 0 Å². The molecule has 0 aliphatic rings. The maximum atomic E-state index is 10.6. The molecule has 0 unspecified atom stereocenters. The molecule has 0 spiro atoms. The van der Waals surface area contributed by atoms with Gasteiger partial charge >= 0.3 is 0 Å². The first kappa shape index (κ1) is 21.0. The molecule has 23 heavy (non-hydrogen) atoms. The van der Waals surface area contributed by atoms with Crippen LogP contribution in [-0.2, 0) is 4.79 Å². The zero-order valence-corrected chi connectivity index (χ0v) is 14.7. The number of nitrogen functional groups attached to an aromatic ring is 1. The lowest BCUT2D eigenvalue weighted by atomic mass is 10.2. The van der Waals surface area contributed by atoms with Crippen LogP contribution in [0.15, 0.2) is 41.8 Å². The second-order valence-electron chi connectivity index (χ2n) is 4.50. The summed E-state index contributed by atoms with van der Waals surface area (Å²) < 4.78 is 0. The maximum absolute atomic E-state index is 10.6. The molecule has 7 heteroatoms. The topological polar surface area (TPSA) is 89.3 Å². The Bertz CT molecular complexity index is 639. The number of aryl methyl sites for hydroxylation is 1. The van der Waals surface area contributed by atoms with Gasteiger partial charge in [0.05, 0.1) is 4.88 Å². The molecule has 1 aromatic heterocycles. The molecule has 3 N–H and O–H groups in total. The molecule has 2 rings (SSSR count). The van der Waals surface area contributed by atoms with E-state index in [0.29, 0.717) is 10.4 Å². The Morgan fingerprint density at radius 1 is 1.13 bits per heavy atom. The van der Waals surface area contributed by atoms with Gasteiger partial charge in [0.2, 0.25) is 0 Å². The number of rotatable bonds is 2. The van der Waals surface area contributed by atoms with E-state index in [-0.39, 0.29) is 11.7 Å². The van der Waals surface area contributed by atoms with Crippen molar-refractivity contribution >= 4 is 39.9 Å². The van der Waals surface area contributed by atoms with Crippen LogP contribution in [0.2, 0.25) is 0 Å². The van der Waals surface area contributed by atoms with Crippen molar-refractivity contribution in [2.75, 3.05) is 0 Å². The summed E-state index contributed by atoms with van der Waals surface area (Å²) in [4.78, 5) is 31.3. The van der Waals surface area contributed by atoms with E-state index >= 15 is 0 Å². The molecule has 0 radical (unpaired) electrons. The quantitative estimate of drug-likeness (QED) is 0.374. The minimum atomic E-state index is -0.399. The van der Waals surface area contributed by atoms with E-state index < -0.39 is 5.24 Å². The van der Waals surface area contributed by atoms with Gasteiger partial charge in [-0.05, 0) is 49.9 Å². The molecule has 0 aliphatic heterocycles. The number of amides is 1. The van der Waals surface area contributed by atoms with E-state index in [2.05, 4.69) is 0 Å². The number of benzene rings is 1. The molecule has 0 saturated carbocycles. The first-order valence-corrected chi connectivity index (χ1v) is 7.81. The highest BCUT2D eigenvalue weighted by atomic mass is 35.5. The van der Waals surface area contributed by atoms with Crippen LogP contribution in [0, 0.1) is 6.92 Å². The maximum Gasteiger partial charge on any atom is 0.275 e. The Kier molecular flexibility index (Phi) is 10.5. The van der Waals surface area contributed by atoms with Crippen molar-refractivity contribution in [1.82, 2.24) is 5.43 Å². The number of hydrogen-bond donors (Lipinski definition) is 2. The molecule has 0 bridgehead atoms. The smallest absolute Gasteiger partial charge is 0.275 e. The van der Waals surface area contributed by atoms with Gasteiger partial charge in [0.25, 0.3) is 11.1 Å². The van der Waals surface area contributed by atoms with Crippen molar-refractivity contribution in [3.63, 3.8) is 0 Å². The molecule has 5 nitrogen and oxygen atoms in total. The lowest BCUT2D eigenvalue weighted by molar-refractivity contribution is -0.115. The van der Waals surface area contributed by atoms with Gasteiger partial charge in [-0.2, -0.15) is 0 Å². The van der Waals surface area contributed by atoms with Gasteiger partial charge in [0.1, 0.15) is 5.78 Å². The molecule has 1 aromatic carbocycles. The Hall–Kier alpha value is -2.02. The molecule has 124 valence electrons. The van der Waals surface area contributed by atoms with Crippen LogP contribution in [-0.4, -0.2) is 16.9 Å². The number of carbonyl (C=O) groups excluding carboxylic acids is 3. The summed E-state index contributed by atoms with van der Waals surface area (Å²) in [5.41, 5.74) is 3.64. The van der Waals surface area contributed by atoms with Crippen molar-refractivity contribution in [1.29, 1.82) is 0 Å². The predicted molar refractivity (Wildman–Crippen MR) is 93.7 cm³/mol. The number of halogens is 1. The number of ketones is 1. The van der Waals surface area contributed by atoms with E-state index in [4.69, 9.17) is 17.4 Å². The Labute approximate surface area is 144 Å². The highest BCUT2D eigenvalue weighted by Crippen LogP contribution is 2.07. The zero-order valence-electron chi connectivity index (χ0n) is 13.1. The van der Waals surface area contributed by atoms with E-state index in [0.717, 1.165) is 5.56 Å². The number of thiophene rings is 1. The third-order valence-corrected chi connectivity index (χ3v) is 3.21. The van der Waals surface area contributed by atoms with Crippen molar-refractivity contribution in [2.24, 2.45) is 5.84 Å². The Morgan fingerprint density at radius 2 is 1.74 bits per heavy atom. The second-order valence-corrected chi connectivity index (χ2v) is 5.79. The van der Waals surface area contributed by atoms with Crippen LogP contribution in [0.1, 0.15) is 39.4 Å². The molecule has 0 atom stereocenters. The molecule has 1 heterocycles. The van der Waals surface area contributed by atoms with Crippen LogP contribution in [0.25, 0.3) is 0 Å². The van der Waals surface area contributed by atoms with Gasteiger partial charge in [-0.15, -0.1) is 11.3 Å². The Morgan fingerprint density at radius 3 is 2.09 bits per heavy atom. The van der Waals surface area contributed by atoms with Crippen molar-refractivity contribution in [2.45, 2.75) is 20.8 Å². The predicted octanol–water partition coefficient (Wildman–Crippen LogP) is 3.32. The summed E-state index contributed by atoms with van der Waals surface area (Å²) in [6, 6.07) is 10.7. The van der Waals surface area contributed by atoms with Crippen molar-refractivity contribution < 1.29 is 14.4 Å². The summed E-state index contributed by atoms with van der Waals surface area (Å²) in [7, 11) is 0. The highest BCUT2D eigenvalue weighted by Gasteiger charge is 2.01. The molecule has 2 aromatic rings. The third-order valence-electron chi connectivity index (χ3n) is 2.12. The van der Waals surface area contributed by atoms with Crippen LogP contribution in [0.3, 0.4) is 0 Å². The van der Waals surface area contributed by atoms with Gasteiger partial charge in [-0.25, -0.2) is 5.84 Å². The molecular formula is C16H19ClN2O3S. The van der Waals surface area contributed by atoms with Gasteiger partial charge in [0.15, 0.2) is 0 Å². The normalized spacial score (nSPS) is 8.74. The number of Topliss-reactive ketones (excluding diaryl/α,β-unsaturated/α-hetero) is 1. The summed E-state index contributed by atoms with van der Waals surface area (Å²) in [5.74, 6) is 4.81. The fourth-order valence-electron chi connectivity index (χ4n) is 1.25. The van der Waals surface area contributed by atoms with E-state index in [1.54, 1.807) is 24.3 Å². The SMILES string of the molecule is CC(C)=O.Cc1cccc(C(=O)Cl)c1.NNC(=O)c1cccs1. The van der Waals surface area contributed by atoms with Gasteiger partial charge in [0, 0.05) is 5.56 Å². The minimum Gasteiger partial charge on any atom is -0.300 e. The molecule has 0 fully saturated rings. The summed E-state index contributed by atoms with van der Waals surface area (Å²) in [6.45, 7) is 4.98. The third kappa shape index (κ3) is 10.4. The van der Waals surface area contributed by atoms with Crippen molar-refractivity contribution in [3.05, 3.63) is 57.8 Å². The summed E-state index contributed by atoms with van der Waals surface area (Å²) in [5, 5.41) is 1.42.